The molecular formula is C18H21ClN6O2. The number of nitrogens with one attached hydrogen (secondary N) is 3. The molecule has 0 aliphatic heterocycles. The monoisotopic (exact) mass is 388 g/mol. The first-order chi connectivity index (χ1) is 13.0. The van der Waals surface area contributed by atoms with Gasteiger partial charge in [-0.15, -0.1) is 0 Å². The van der Waals surface area contributed by atoms with Crippen molar-refractivity contribution in [2.24, 2.45) is 5.92 Å². The summed E-state index contributed by atoms with van der Waals surface area (Å²) in [6, 6.07) is 3.59. The van der Waals surface area contributed by atoms with Crippen LogP contribution in [0.15, 0.2) is 30.7 Å². The topological polar surface area (TPSA) is 105 Å². The SMILES string of the molecule is CC(C)COC(=O)NCCNc1ccnc(-c2c[nH]c3ncc(Cl)cc23)n1. The fourth-order valence-corrected chi connectivity index (χ4v) is 2.56. The molecule has 0 aromatic carbocycles. The second-order valence-electron chi connectivity index (χ2n) is 6.36. The molecule has 0 radical (unpaired) electrons. The number of anilines is 1. The number of H-pyrrole nitrogens is 1. The van der Waals surface area contributed by atoms with E-state index in [0.717, 1.165) is 16.6 Å². The highest BCUT2D eigenvalue weighted by molar-refractivity contribution is 6.31. The number of nitrogens with zero attached hydrogens (tertiary/aromatic N) is 3. The van der Waals surface area contributed by atoms with Crippen LogP contribution in [0.2, 0.25) is 5.02 Å². The summed E-state index contributed by atoms with van der Waals surface area (Å²) in [5, 5.41) is 7.24. The maximum absolute atomic E-state index is 11.5. The molecule has 3 aromatic heterocycles. The van der Waals surface area contributed by atoms with E-state index in [9.17, 15) is 4.79 Å². The van der Waals surface area contributed by atoms with E-state index in [4.69, 9.17) is 16.3 Å². The van der Waals surface area contributed by atoms with Gasteiger partial charge in [-0.3, -0.25) is 0 Å². The van der Waals surface area contributed by atoms with Crippen LogP contribution in [-0.4, -0.2) is 45.7 Å². The molecule has 9 heteroatoms. The third kappa shape index (κ3) is 5.07. The number of pyridine rings is 1. The number of halogens is 1. The highest BCUT2D eigenvalue weighted by Gasteiger charge is 2.11. The summed E-state index contributed by atoms with van der Waals surface area (Å²) in [7, 11) is 0. The van der Waals surface area contributed by atoms with Crippen molar-refractivity contribution in [3.05, 3.63) is 35.7 Å². The van der Waals surface area contributed by atoms with E-state index in [2.05, 4.69) is 30.6 Å². The zero-order chi connectivity index (χ0) is 19.2. The Bertz CT molecular complexity index is 927. The molecule has 0 spiro atoms. The molecule has 0 aliphatic carbocycles. The summed E-state index contributed by atoms with van der Waals surface area (Å²) in [5.74, 6) is 1.52. The minimum Gasteiger partial charge on any atom is -0.449 e. The number of carbonyl (C=O) groups excluding carboxylic acids is 1. The lowest BCUT2D eigenvalue weighted by Crippen LogP contribution is -2.30. The van der Waals surface area contributed by atoms with Crippen molar-refractivity contribution < 1.29 is 9.53 Å². The molecule has 3 N–H and O–H groups in total. The summed E-state index contributed by atoms with van der Waals surface area (Å²) in [4.78, 5) is 27.7. The lowest BCUT2D eigenvalue weighted by atomic mass is 10.2. The molecule has 0 saturated heterocycles. The third-order valence-electron chi connectivity index (χ3n) is 3.64. The number of ether oxygens (including phenoxy) is 1. The summed E-state index contributed by atoms with van der Waals surface area (Å²) >= 11 is 6.04. The molecule has 27 heavy (non-hydrogen) atoms. The number of hydrogen-bond acceptors (Lipinski definition) is 6. The Kier molecular flexibility index (Phi) is 6.08. The Balaban J connectivity index is 1.59. The van der Waals surface area contributed by atoms with Gasteiger partial charge in [-0.25, -0.2) is 19.7 Å². The number of rotatable bonds is 7. The van der Waals surface area contributed by atoms with Gasteiger partial charge < -0.3 is 20.4 Å². The second-order valence-corrected chi connectivity index (χ2v) is 6.80. The second kappa shape index (κ2) is 8.68. The summed E-state index contributed by atoms with van der Waals surface area (Å²) in [5.41, 5.74) is 1.54. The van der Waals surface area contributed by atoms with Crippen molar-refractivity contribution in [1.29, 1.82) is 0 Å². The number of fused-ring (bicyclic) bond motifs is 1. The van der Waals surface area contributed by atoms with Crippen molar-refractivity contribution in [2.45, 2.75) is 13.8 Å². The number of aromatic nitrogens is 4. The van der Waals surface area contributed by atoms with Gasteiger partial charge in [0.15, 0.2) is 5.82 Å². The zero-order valence-electron chi connectivity index (χ0n) is 15.1. The Hall–Kier alpha value is -2.87. The van der Waals surface area contributed by atoms with Crippen LogP contribution in [0.4, 0.5) is 10.6 Å². The van der Waals surface area contributed by atoms with Gasteiger partial charge >= 0.3 is 6.09 Å². The highest BCUT2D eigenvalue weighted by Crippen LogP contribution is 2.27. The molecule has 1 amide bonds. The van der Waals surface area contributed by atoms with Gasteiger partial charge in [0, 0.05) is 42.6 Å². The lowest BCUT2D eigenvalue weighted by molar-refractivity contribution is 0.133. The molecule has 0 atom stereocenters. The van der Waals surface area contributed by atoms with E-state index in [-0.39, 0.29) is 0 Å². The molecule has 0 fully saturated rings. The zero-order valence-corrected chi connectivity index (χ0v) is 15.9. The highest BCUT2D eigenvalue weighted by atomic mass is 35.5. The number of alkyl carbamates (subject to hydrolysis) is 1. The van der Waals surface area contributed by atoms with Gasteiger partial charge in [0.1, 0.15) is 11.5 Å². The summed E-state index contributed by atoms with van der Waals surface area (Å²) in [6.45, 7) is 5.30. The van der Waals surface area contributed by atoms with E-state index in [1.165, 1.54) is 0 Å². The van der Waals surface area contributed by atoms with Crippen LogP contribution in [0.1, 0.15) is 13.8 Å². The van der Waals surface area contributed by atoms with E-state index < -0.39 is 6.09 Å². The molecule has 3 rings (SSSR count). The molecule has 0 aliphatic rings. The van der Waals surface area contributed by atoms with Crippen molar-refractivity contribution in [2.75, 3.05) is 25.0 Å². The standard InChI is InChI=1S/C18H21ClN6O2/c1-11(2)10-27-18(26)22-6-5-20-15-3-4-21-17(25-15)14-9-24-16-13(14)7-12(19)8-23-16/h3-4,7-9,11H,5-6,10H2,1-2H3,(H,22,26)(H,23,24)(H,20,21,25). The van der Waals surface area contributed by atoms with E-state index >= 15 is 0 Å². The third-order valence-corrected chi connectivity index (χ3v) is 3.85. The van der Waals surface area contributed by atoms with Crippen molar-refractivity contribution in [3.8, 4) is 11.4 Å². The molecule has 142 valence electrons. The van der Waals surface area contributed by atoms with Crippen molar-refractivity contribution in [3.63, 3.8) is 0 Å². The fourth-order valence-electron chi connectivity index (χ4n) is 2.40. The molecule has 0 unspecified atom stereocenters. The smallest absolute Gasteiger partial charge is 0.407 e. The Morgan fingerprint density at radius 2 is 2.19 bits per heavy atom. The Morgan fingerprint density at radius 1 is 1.33 bits per heavy atom. The van der Waals surface area contributed by atoms with Crippen molar-refractivity contribution in [1.82, 2.24) is 25.3 Å². The summed E-state index contributed by atoms with van der Waals surface area (Å²) < 4.78 is 5.05. The number of amides is 1. The van der Waals surface area contributed by atoms with Crippen LogP contribution in [0.5, 0.6) is 0 Å². The number of aromatic amines is 1. The number of hydrogen-bond donors (Lipinski definition) is 3. The van der Waals surface area contributed by atoms with Gasteiger partial charge in [-0.1, -0.05) is 25.4 Å². The van der Waals surface area contributed by atoms with Crippen LogP contribution in [0.25, 0.3) is 22.4 Å². The molecule has 3 aromatic rings. The van der Waals surface area contributed by atoms with Gasteiger partial charge in [-0.05, 0) is 18.1 Å². The average Bonchev–Trinajstić information content (AvgIpc) is 3.07. The first-order valence-corrected chi connectivity index (χ1v) is 9.01. The van der Waals surface area contributed by atoms with Crippen LogP contribution < -0.4 is 10.6 Å². The Labute approximate surface area is 161 Å². The average molecular weight is 389 g/mol. The van der Waals surface area contributed by atoms with E-state index in [1.54, 1.807) is 24.7 Å². The fraction of sp³-hybridized carbons (Fsp3) is 0.333. The predicted octanol–water partition coefficient (Wildman–Crippen LogP) is 3.47. The maximum atomic E-state index is 11.5. The van der Waals surface area contributed by atoms with Gasteiger partial charge in [0.25, 0.3) is 0 Å². The Morgan fingerprint density at radius 3 is 3.00 bits per heavy atom. The maximum Gasteiger partial charge on any atom is 0.407 e. The summed E-state index contributed by atoms with van der Waals surface area (Å²) in [6.07, 6.45) is 4.64. The van der Waals surface area contributed by atoms with Crippen LogP contribution in [0.3, 0.4) is 0 Å². The minimum absolute atomic E-state index is 0.308. The van der Waals surface area contributed by atoms with Gasteiger partial charge in [0.05, 0.1) is 11.6 Å². The van der Waals surface area contributed by atoms with E-state index in [1.807, 2.05) is 19.9 Å². The predicted molar refractivity (Wildman–Crippen MR) is 105 cm³/mol. The number of carbonyl (C=O) groups is 1. The molecule has 8 nitrogen and oxygen atoms in total. The molecular weight excluding hydrogens is 368 g/mol. The minimum atomic E-state index is -0.419. The van der Waals surface area contributed by atoms with Crippen LogP contribution in [-0.2, 0) is 4.74 Å². The van der Waals surface area contributed by atoms with Gasteiger partial charge in [0.2, 0.25) is 0 Å². The normalized spacial score (nSPS) is 11.0. The largest absolute Gasteiger partial charge is 0.449 e. The first-order valence-electron chi connectivity index (χ1n) is 8.63. The first kappa shape index (κ1) is 18.9. The molecule has 3 heterocycles. The quantitative estimate of drug-likeness (QED) is 0.535. The lowest BCUT2D eigenvalue weighted by Gasteiger charge is -2.10. The van der Waals surface area contributed by atoms with Crippen molar-refractivity contribution >= 4 is 34.5 Å². The molecule has 0 bridgehead atoms. The van der Waals surface area contributed by atoms with Crippen LogP contribution >= 0.6 is 11.6 Å². The molecule has 0 saturated carbocycles. The van der Waals surface area contributed by atoms with Gasteiger partial charge in [-0.2, -0.15) is 0 Å². The van der Waals surface area contributed by atoms with E-state index in [0.29, 0.717) is 42.3 Å². The van der Waals surface area contributed by atoms with Crippen LogP contribution in [0, 0.1) is 5.92 Å².